The highest BCUT2D eigenvalue weighted by atomic mass is 35.5. The molecule has 102 valence electrons. The molecule has 1 aromatic carbocycles. The molecule has 0 bridgehead atoms. The zero-order chi connectivity index (χ0) is 14.4. The first kappa shape index (κ1) is 15.2. The number of carbonyl (C=O) groups excluding carboxylic acids is 2. The van der Waals surface area contributed by atoms with Gasteiger partial charge < -0.3 is 9.84 Å². The van der Waals surface area contributed by atoms with Gasteiger partial charge in [-0.05, 0) is 18.6 Å². The molecule has 0 unspecified atom stereocenters. The average Bonchev–Trinajstić information content (AvgIpc) is 2.38. The fraction of sp³-hybridized carbons (Fsp3) is 0.308. The highest BCUT2D eigenvalue weighted by Crippen LogP contribution is 2.17. The minimum absolute atomic E-state index is 0.0609. The Labute approximate surface area is 115 Å². The van der Waals surface area contributed by atoms with Crippen LogP contribution in [0.1, 0.15) is 33.2 Å². The van der Waals surface area contributed by atoms with Crippen LogP contribution in [-0.4, -0.2) is 35.3 Å². The first-order chi connectivity index (χ1) is 9.01. The SMILES string of the molecule is CCOC(=O)c1cccc(CC(=O)CCl)c1C(=O)O. The van der Waals surface area contributed by atoms with Gasteiger partial charge in [0.1, 0.15) is 0 Å². The van der Waals surface area contributed by atoms with E-state index in [1.165, 1.54) is 18.2 Å². The highest BCUT2D eigenvalue weighted by molar-refractivity contribution is 6.27. The van der Waals surface area contributed by atoms with Crippen LogP contribution in [-0.2, 0) is 16.0 Å². The smallest absolute Gasteiger partial charge is 0.339 e. The Bertz CT molecular complexity index is 510. The Kier molecular flexibility index (Phi) is 5.51. The lowest BCUT2D eigenvalue weighted by Gasteiger charge is -2.10. The summed E-state index contributed by atoms with van der Waals surface area (Å²) in [4.78, 5) is 34.3. The van der Waals surface area contributed by atoms with Gasteiger partial charge in [-0.15, -0.1) is 11.6 Å². The lowest BCUT2D eigenvalue weighted by Crippen LogP contribution is -2.16. The van der Waals surface area contributed by atoms with Crippen molar-refractivity contribution in [3.8, 4) is 0 Å². The molecule has 0 aromatic heterocycles. The van der Waals surface area contributed by atoms with Crippen LogP contribution in [0.25, 0.3) is 0 Å². The third-order valence-electron chi connectivity index (χ3n) is 2.40. The van der Waals surface area contributed by atoms with Gasteiger partial charge in [-0.3, -0.25) is 4.79 Å². The van der Waals surface area contributed by atoms with Gasteiger partial charge in [0.2, 0.25) is 0 Å². The van der Waals surface area contributed by atoms with Crippen LogP contribution >= 0.6 is 11.6 Å². The van der Waals surface area contributed by atoms with E-state index in [0.717, 1.165) is 0 Å². The zero-order valence-electron chi connectivity index (χ0n) is 10.3. The molecule has 0 fully saturated rings. The summed E-state index contributed by atoms with van der Waals surface area (Å²) in [5, 5.41) is 9.20. The molecule has 19 heavy (non-hydrogen) atoms. The molecule has 1 rings (SSSR count). The number of esters is 1. The van der Waals surface area contributed by atoms with Gasteiger partial charge in [-0.2, -0.15) is 0 Å². The Morgan fingerprint density at radius 2 is 2.00 bits per heavy atom. The van der Waals surface area contributed by atoms with Crippen molar-refractivity contribution in [2.75, 3.05) is 12.5 Å². The third kappa shape index (κ3) is 3.79. The second-order valence-electron chi connectivity index (χ2n) is 3.71. The van der Waals surface area contributed by atoms with Crippen LogP contribution in [0.3, 0.4) is 0 Å². The molecule has 5 nitrogen and oxygen atoms in total. The molecular formula is C13H13ClO5. The van der Waals surface area contributed by atoms with E-state index in [0.29, 0.717) is 0 Å². The highest BCUT2D eigenvalue weighted by Gasteiger charge is 2.22. The van der Waals surface area contributed by atoms with Crippen LogP contribution in [0.2, 0.25) is 0 Å². The molecule has 6 heteroatoms. The first-order valence-corrected chi connectivity index (χ1v) is 6.14. The maximum Gasteiger partial charge on any atom is 0.339 e. The summed E-state index contributed by atoms with van der Waals surface area (Å²) >= 11 is 5.40. The predicted molar refractivity (Wildman–Crippen MR) is 68.8 cm³/mol. The van der Waals surface area contributed by atoms with E-state index < -0.39 is 11.9 Å². The molecule has 0 saturated carbocycles. The first-order valence-electron chi connectivity index (χ1n) is 5.61. The Morgan fingerprint density at radius 1 is 1.32 bits per heavy atom. The number of hydrogen-bond donors (Lipinski definition) is 1. The minimum Gasteiger partial charge on any atom is -0.478 e. The van der Waals surface area contributed by atoms with Gasteiger partial charge in [0.15, 0.2) is 5.78 Å². The number of rotatable bonds is 6. The molecule has 1 N–H and O–H groups in total. The Morgan fingerprint density at radius 3 is 2.53 bits per heavy atom. The summed E-state index contributed by atoms with van der Waals surface area (Å²) in [5.74, 6) is -2.52. The van der Waals surface area contributed by atoms with Crippen molar-refractivity contribution >= 4 is 29.3 Å². The summed E-state index contributed by atoms with van der Waals surface area (Å²) in [6.45, 7) is 1.77. The predicted octanol–water partition coefficient (Wildman–Crippen LogP) is 1.91. The molecule has 0 heterocycles. The second kappa shape index (κ2) is 6.89. The number of aromatic carboxylic acids is 1. The maximum absolute atomic E-state index is 11.7. The second-order valence-corrected chi connectivity index (χ2v) is 3.98. The topological polar surface area (TPSA) is 80.7 Å². The molecule has 0 aliphatic carbocycles. The standard InChI is InChI=1S/C13H13ClO5/c1-2-19-13(18)10-5-3-4-8(6-9(15)7-14)11(10)12(16)17/h3-5H,2,6-7H2,1H3,(H,16,17). The van der Waals surface area contributed by atoms with Crippen molar-refractivity contribution in [2.45, 2.75) is 13.3 Å². The van der Waals surface area contributed by atoms with Crippen LogP contribution in [0.4, 0.5) is 0 Å². The van der Waals surface area contributed by atoms with Gasteiger partial charge in [-0.1, -0.05) is 12.1 Å². The largest absolute Gasteiger partial charge is 0.478 e. The molecule has 0 radical (unpaired) electrons. The fourth-order valence-electron chi connectivity index (χ4n) is 1.64. The van der Waals surface area contributed by atoms with E-state index in [-0.39, 0.29) is 41.4 Å². The minimum atomic E-state index is -1.28. The molecule has 0 amide bonds. The fourth-order valence-corrected chi connectivity index (χ4v) is 1.73. The van der Waals surface area contributed by atoms with E-state index >= 15 is 0 Å². The van der Waals surface area contributed by atoms with Crippen LogP contribution in [0.15, 0.2) is 18.2 Å². The molecule has 0 aliphatic rings. The van der Waals surface area contributed by atoms with Crippen molar-refractivity contribution in [3.05, 3.63) is 34.9 Å². The Hall–Kier alpha value is -1.88. The number of benzene rings is 1. The molecular weight excluding hydrogens is 272 g/mol. The van der Waals surface area contributed by atoms with Crippen molar-refractivity contribution < 1.29 is 24.2 Å². The summed E-state index contributed by atoms with van der Waals surface area (Å²) in [6.07, 6.45) is -0.127. The number of carboxylic acids is 1. The van der Waals surface area contributed by atoms with Crippen LogP contribution < -0.4 is 0 Å². The van der Waals surface area contributed by atoms with Crippen molar-refractivity contribution in [1.82, 2.24) is 0 Å². The van der Waals surface area contributed by atoms with Crippen LogP contribution in [0, 0.1) is 0 Å². The lowest BCUT2D eigenvalue weighted by atomic mass is 9.97. The number of hydrogen-bond acceptors (Lipinski definition) is 4. The molecule has 0 saturated heterocycles. The van der Waals surface area contributed by atoms with Crippen molar-refractivity contribution in [1.29, 1.82) is 0 Å². The molecule has 1 aromatic rings. The van der Waals surface area contributed by atoms with Gasteiger partial charge in [0.05, 0.1) is 23.6 Å². The monoisotopic (exact) mass is 284 g/mol. The maximum atomic E-state index is 11.7. The number of alkyl halides is 1. The van der Waals surface area contributed by atoms with Gasteiger partial charge in [0.25, 0.3) is 0 Å². The number of ketones is 1. The van der Waals surface area contributed by atoms with E-state index in [1.54, 1.807) is 6.92 Å². The van der Waals surface area contributed by atoms with Crippen molar-refractivity contribution in [3.63, 3.8) is 0 Å². The number of carbonyl (C=O) groups is 3. The normalized spacial score (nSPS) is 10.0. The average molecular weight is 285 g/mol. The summed E-state index contributed by atoms with van der Waals surface area (Å²) in [7, 11) is 0. The number of halogens is 1. The van der Waals surface area contributed by atoms with E-state index in [4.69, 9.17) is 16.3 Å². The quantitative estimate of drug-likeness (QED) is 0.637. The van der Waals surface area contributed by atoms with E-state index in [2.05, 4.69) is 0 Å². The zero-order valence-corrected chi connectivity index (χ0v) is 11.1. The van der Waals surface area contributed by atoms with E-state index in [9.17, 15) is 19.5 Å². The molecule has 0 spiro atoms. The lowest BCUT2D eigenvalue weighted by molar-refractivity contribution is -0.116. The van der Waals surface area contributed by atoms with Crippen LogP contribution in [0.5, 0.6) is 0 Å². The molecule has 0 atom stereocenters. The van der Waals surface area contributed by atoms with E-state index in [1.807, 2.05) is 0 Å². The van der Waals surface area contributed by atoms with Gasteiger partial charge in [0, 0.05) is 6.42 Å². The van der Waals surface area contributed by atoms with Gasteiger partial charge in [-0.25, -0.2) is 9.59 Å². The van der Waals surface area contributed by atoms with Crippen molar-refractivity contribution in [2.24, 2.45) is 0 Å². The number of carboxylic acid groups (broad SMARTS) is 1. The summed E-state index contributed by atoms with van der Waals surface area (Å²) in [5.41, 5.74) is -0.0163. The molecule has 0 aliphatic heterocycles. The summed E-state index contributed by atoms with van der Waals surface area (Å²) in [6, 6.07) is 4.35. The number of Topliss-reactive ketones (excluding diaryl/α,β-unsaturated/α-hetero) is 1. The number of ether oxygens (including phenoxy) is 1. The van der Waals surface area contributed by atoms with Gasteiger partial charge >= 0.3 is 11.9 Å². The Balaban J connectivity index is 3.25. The third-order valence-corrected chi connectivity index (χ3v) is 2.69. The summed E-state index contributed by atoms with van der Waals surface area (Å²) < 4.78 is 4.79.